The van der Waals surface area contributed by atoms with Crippen LogP contribution in [0.15, 0.2) is 0 Å². The maximum atomic E-state index is 11.3. The second-order valence-electron chi connectivity index (χ2n) is 4.98. The Morgan fingerprint density at radius 2 is 2.22 bits per heavy atom. The van der Waals surface area contributed by atoms with E-state index in [1.165, 1.54) is 12.8 Å². The van der Waals surface area contributed by atoms with Crippen molar-refractivity contribution in [2.24, 2.45) is 0 Å². The number of esters is 1. The fourth-order valence-corrected chi connectivity index (χ4v) is 2.66. The highest BCUT2D eigenvalue weighted by Gasteiger charge is 2.27. The summed E-state index contributed by atoms with van der Waals surface area (Å²) in [6.07, 6.45) is 5.37. The molecule has 18 heavy (non-hydrogen) atoms. The standard InChI is InChI=1S/C14H27NO3/c1-3-13(16)12-8-5-6-10-15(12)11-7-9-14(17)18-4-2/h12-13,16H,3-11H2,1-2H3. The van der Waals surface area contributed by atoms with E-state index in [1.807, 2.05) is 13.8 Å². The van der Waals surface area contributed by atoms with Gasteiger partial charge in [0.25, 0.3) is 0 Å². The Kier molecular flexibility index (Phi) is 7.28. The molecule has 0 spiro atoms. The number of aliphatic hydroxyl groups is 1. The van der Waals surface area contributed by atoms with E-state index in [0.29, 0.717) is 13.0 Å². The van der Waals surface area contributed by atoms with Crippen molar-refractivity contribution in [3.8, 4) is 0 Å². The van der Waals surface area contributed by atoms with Gasteiger partial charge in [0.2, 0.25) is 0 Å². The monoisotopic (exact) mass is 257 g/mol. The van der Waals surface area contributed by atoms with Crippen LogP contribution in [0, 0.1) is 0 Å². The third kappa shape index (κ3) is 4.94. The van der Waals surface area contributed by atoms with Gasteiger partial charge >= 0.3 is 5.97 Å². The molecule has 0 aromatic heterocycles. The fourth-order valence-electron chi connectivity index (χ4n) is 2.66. The van der Waals surface area contributed by atoms with Crippen LogP contribution in [0.3, 0.4) is 0 Å². The molecule has 0 aromatic carbocycles. The van der Waals surface area contributed by atoms with Crippen LogP contribution in [0.1, 0.15) is 52.4 Å². The van der Waals surface area contributed by atoms with E-state index < -0.39 is 0 Å². The summed E-state index contributed by atoms with van der Waals surface area (Å²) in [5, 5.41) is 10.0. The highest BCUT2D eigenvalue weighted by Crippen LogP contribution is 2.21. The summed E-state index contributed by atoms with van der Waals surface area (Å²) in [5.41, 5.74) is 0. The number of piperidine rings is 1. The first-order valence-corrected chi connectivity index (χ1v) is 7.26. The zero-order valence-electron chi connectivity index (χ0n) is 11.7. The van der Waals surface area contributed by atoms with E-state index in [4.69, 9.17) is 4.74 Å². The minimum absolute atomic E-state index is 0.109. The summed E-state index contributed by atoms with van der Waals surface area (Å²) in [5.74, 6) is -0.109. The lowest BCUT2D eigenvalue weighted by molar-refractivity contribution is -0.143. The Hall–Kier alpha value is -0.610. The first kappa shape index (κ1) is 15.4. The predicted octanol–water partition coefficient (Wildman–Crippen LogP) is 1.96. The molecule has 4 nitrogen and oxygen atoms in total. The summed E-state index contributed by atoms with van der Waals surface area (Å²) < 4.78 is 4.92. The summed E-state index contributed by atoms with van der Waals surface area (Å²) in [6, 6.07) is 0.283. The Balaban J connectivity index is 2.31. The molecule has 1 saturated heterocycles. The number of rotatable bonds is 7. The lowest BCUT2D eigenvalue weighted by Crippen LogP contribution is -2.47. The average Bonchev–Trinajstić information content (AvgIpc) is 2.39. The Morgan fingerprint density at radius 3 is 2.89 bits per heavy atom. The summed E-state index contributed by atoms with van der Waals surface area (Å²) in [7, 11) is 0. The number of carbonyl (C=O) groups excluding carboxylic acids is 1. The van der Waals surface area contributed by atoms with Crippen molar-refractivity contribution in [3.63, 3.8) is 0 Å². The van der Waals surface area contributed by atoms with Gasteiger partial charge in [0.05, 0.1) is 12.7 Å². The highest BCUT2D eigenvalue weighted by molar-refractivity contribution is 5.69. The molecule has 0 aliphatic carbocycles. The van der Waals surface area contributed by atoms with Gasteiger partial charge in [0.15, 0.2) is 0 Å². The van der Waals surface area contributed by atoms with Crippen molar-refractivity contribution >= 4 is 5.97 Å². The van der Waals surface area contributed by atoms with Crippen molar-refractivity contribution in [2.45, 2.75) is 64.5 Å². The number of hydrogen-bond donors (Lipinski definition) is 1. The fraction of sp³-hybridized carbons (Fsp3) is 0.929. The van der Waals surface area contributed by atoms with E-state index in [2.05, 4.69) is 4.90 Å². The number of carbonyl (C=O) groups is 1. The Morgan fingerprint density at radius 1 is 1.44 bits per heavy atom. The van der Waals surface area contributed by atoms with Crippen molar-refractivity contribution in [1.29, 1.82) is 0 Å². The first-order chi connectivity index (χ1) is 8.69. The molecule has 1 heterocycles. The molecular weight excluding hydrogens is 230 g/mol. The van der Waals surface area contributed by atoms with E-state index in [9.17, 15) is 9.90 Å². The Labute approximate surface area is 110 Å². The van der Waals surface area contributed by atoms with Gasteiger partial charge in [-0.15, -0.1) is 0 Å². The molecule has 0 aromatic rings. The van der Waals surface area contributed by atoms with E-state index >= 15 is 0 Å². The smallest absolute Gasteiger partial charge is 0.305 e. The van der Waals surface area contributed by atoms with Crippen LogP contribution < -0.4 is 0 Å². The SMILES string of the molecule is CCOC(=O)CCCN1CCCCC1C(O)CC. The molecule has 106 valence electrons. The van der Waals surface area contributed by atoms with Crippen molar-refractivity contribution < 1.29 is 14.6 Å². The van der Waals surface area contributed by atoms with Crippen LogP contribution in [-0.4, -0.2) is 47.8 Å². The Bertz CT molecular complexity index is 245. The minimum Gasteiger partial charge on any atom is -0.466 e. The highest BCUT2D eigenvalue weighted by atomic mass is 16.5. The number of hydrogen-bond acceptors (Lipinski definition) is 4. The largest absolute Gasteiger partial charge is 0.466 e. The number of likely N-dealkylation sites (tertiary alicyclic amines) is 1. The first-order valence-electron chi connectivity index (χ1n) is 7.26. The zero-order chi connectivity index (χ0) is 13.4. The predicted molar refractivity (Wildman–Crippen MR) is 71.4 cm³/mol. The van der Waals surface area contributed by atoms with Gasteiger partial charge in [0.1, 0.15) is 0 Å². The number of ether oxygens (including phenoxy) is 1. The number of aliphatic hydroxyl groups excluding tert-OH is 1. The average molecular weight is 257 g/mol. The van der Waals surface area contributed by atoms with Crippen LogP contribution >= 0.6 is 0 Å². The lowest BCUT2D eigenvalue weighted by atomic mass is 9.95. The van der Waals surface area contributed by atoms with Gasteiger partial charge < -0.3 is 9.84 Å². The van der Waals surface area contributed by atoms with Crippen molar-refractivity contribution in [2.75, 3.05) is 19.7 Å². The summed E-state index contributed by atoms with van der Waals surface area (Å²) in [4.78, 5) is 13.6. The van der Waals surface area contributed by atoms with Gasteiger partial charge in [-0.1, -0.05) is 13.3 Å². The van der Waals surface area contributed by atoms with Gasteiger partial charge in [-0.05, 0) is 45.7 Å². The minimum atomic E-state index is -0.229. The quantitative estimate of drug-likeness (QED) is 0.708. The van der Waals surface area contributed by atoms with Crippen LogP contribution in [-0.2, 0) is 9.53 Å². The molecule has 1 rings (SSSR count). The van der Waals surface area contributed by atoms with Crippen LogP contribution in [0.4, 0.5) is 0 Å². The molecule has 1 fully saturated rings. The third-order valence-corrected chi connectivity index (χ3v) is 3.66. The normalized spacial score (nSPS) is 22.7. The molecule has 2 atom stereocenters. The molecule has 1 N–H and O–H groups in total. The third-order valence-electron chi connectivity index (χ3n) is 3.66. The van der Waals surface area contributed by atoms with Gasteiger partial charge in [-0.2, -0.15) is 0 Å². The molecule has 0 radical (unpaired) electrons. The molecule has 1 aliphatic heterocycles. The molecule has 0 bridgehead atoms. The maximum absolute atomic E-state index is 11.3. The van der Waals surface area contributed by atoms with Gasteiger partial charge in [-0.3, -0.25) is 9.69 Å². The van der Waals surface area contributed by atoms with Crippen LogP contribution in [0.2, 0.25) is 0 Å². The second-order valence-corrected chi connectivity index (χ2v) is 4.98. The number of nitrogens with zero attached hydrogens (tertiary/aromatic N) is 1. The van der Waals surface area contributed by atoms with E-state index in [1.54, 1.807) is 0 Å². The topological polar surface area (TPSA) is 49.8 Å². The van der Waals surface area contributed by atoms with Crippen LogP contribution in [0.25, 0.3) is 0 Å². The zero-order valence-corrected chi connectivity index (χ0v) is 11.7. The summed E-state index contributed by atoms with van der Waals surface area (Å²) >= 11 is 0. The molecule has 4 heteroatoms. The summed E-state index contributed by atoms with van der Waals surface area (Å²) in [6.45, 7) is 6.25. The molecule has 0 saturated carbocycles. The van der Waals surface area contributed by atoms with Gasteiger partial charge in [0, 0.05) is 12.5 Å². The molecular formula is C14H27NO3. The molecule has 2 unspecified atom stereocenters. The van der Waals surface area contributed by atoms with Crippen molar-refractivity contribution in [3.05, 3.63) is 0 Å². The molecule has 0 amide bonds. The van der Waals surface area contributed by atoms with E-state index in [0.717, 1.165) is 32.4 Å². The van der Waals surface area contributed by atoms with Crippen LogP contribution in [0.5, 0.6) is 0 Å². The van der Waals surface area contributed by atoms with Crippen molar-refractivity contribution in [1.82, 2.24) is 4.90 Å². The van der Waals surface area contributed by atoms with E-state index in [-0.39, 0.29) is 18.1 Å². The maximum Gasteiger partial charge on any atom is 0.305 e. The second kappa shape index (κ2) is 8.48. The lowest BCUT2D eigenvalue weighted by Gasteiger charge is -2.38. The van der Waals surface area contributed by atoms with Gasteiger partial charge in [-0.25, -0.2) is 0 Å². The molecule has 1 aliphatic rings.